The Hall–Kier alpha value is -2.09. The third kappa shape index (κ3) is 1.80. The quantitative estimate of drug-likeness (QED) is 0.713. The number of H-pyrrole nitrogens is 1. The molecule has 2 aromatic heterocycles. The van der Waals surface area contributed by atoms with Crippen molar-refractivity contribution >= 4 is 11.0 Å². The molecule has 2 nitrogen and oxygen atoms in total. The second-order valence-electron chi connectivity index (χ2n) is 4.58. The van der Waals surface area contributed by atoms with Crippen molar-refractivity contribution in [2.75, 3.05) is 0 Å². The topological polar surface area (TPSA) is 28.7 Å². The lowest BCUT2D eigenvalue weighted by Crippen LogP contribution is -1.87. The largest absolute Gasteiger partial charge is 0.339 e. The molecule has 0 atom stereocenters. The minimum atomic E-state index is 0.968. The molecule has 3 aromatic rings. The first-order valence-electron chi connectivity index (χ1n) is 6.32. The van der Waals surface area contributed by atoms with Gasteiger partial charge in [0, 0.05) is 22.3 Å². The summed E-state index contributed by atoms with van der Waals surface area (Å²) in [5.41, 5.74) is 5.80. The molecule has 0 fully saturated rings. The predicted molar refractivity (Wildman–Crippen MR) is 75.6 cm³/mol. The molecule has 0 aliphatic rings. The third-order valence-electron chi connectivity index (χ3n) is 3.31. The van der Waals surface area contributed by atoms with Gasteiger partial charge in [-0.15, -0.1) is 0 Å². The fraction of sp³-hybridized carbons (Fsp3) is 0.188. The van der Waals surface area contributed by atoms with Gasteiger partial charge in [-0.2, -0.15) is 0 Å². The van der Waals surface area contributed by atoms with Gasteiger partial charge >= 0.3 is 0 Å². The number of benzene rings is 1. The van der Waals surface area contributed by atoms with Crippen LogP contribution >= 0.6 is 0 Å². The lowest BCUT2D eigenvalue weighted by molar-refractivity contribution is 1.14. The fourth-order valence-electron chi connectivity index (χ4n) is 2.34. The van der Waals surface area contributed by atoms with Crippen molar-refractivity contribution in [3.63, 3.8) is 0 Å². The summed E-state index contributed by atoms with van der Waals surface area (Å²) in [6.07, 6.45) is 1.04. The molecule has 18 heavy (non-hydrogen) atoms. The Kier molecular flexibility index (Phi) is 2.63. The molecule has 0 bridgehead atoms. The minimum Gasteiger partial charge on any atom is -0.339 e. The van der Waals surface area contributed by atoms with Gasteiger partial charge in [-0.3, -0.25) is 0 Å². The number of nitrogens with zero attached hydrogens (tertiary/aromatic N) is 1. The van der Waals surface area contributed by atoms with Gasteiger partial charge in [0.05, 0.1) is 0 Å². The van der Waals surface area contributed by atoms with E-state index in [1.807, 2.05) is 13.0 Å². The molecular weight excluding hydrogens is 220 g/mol. The van der Waals surface area contributed by atoms with Crippen molar-refractivity contribution < 1.29 is 0 Å². The van der Waals surface area contributed by atoms with Gasteiger partial charge in [0.1, 0.15) is 5.65 Å². The number of aromatic amines is 1. The van der Waals surface area contributed by atoms with Crippen LogP contribution in [-0.4, -0.2) is 9.97 Å². The summed E-state index contributed by atoms with van der Waals surface area (Å²) in [6, 6.07) is 14.9. The van der Waals surface area contributed by atoms with Crippen LogP contribution in [0.5, 0.6) is 0 Å². The molecule has 2 heteroatoms. The molecule has 0 amide bonds. The molecule has 3 rings (SSSR count). The number of fused-ring (bicyclic) bond motifs is 1. The van der Waals surface area contributed by atoms with Crippen LogP contribution in [-0.2, 0) is 6.42 Å². The third-order valence-corrected chi connectivity index (χ3v) is 3.31. The van der Waals surface area contributed by atoms with E-state index >= 15 is 0 Å². The summed E-state index contributed by atoms with van der Waals surface area (Å²) in [6.45, 7) is 4.20. The molecule has 0 saturated carbocycles. The highest BCUT2D eigenvalue weighted by molar-refractivity contribution is 5.83. The van der Waals surface area contributed by atoms with Crippen molar-refractivity contribution in [3.8, 4) is 11.3 Å². The van der Waals surface area contributed by atoms with Crippen LogP contribution < -0.4 is 0 Å². The van der Waals surface area contributed by atoms with Gasteiger partial charge in [0.2, 0.25) is 0 Å². The van der Waals surface area contributed by atoms with Crippen molar-refractivity contribution in [3.05, 3.63) is 53.7 Å². The Morgan fingerprint density at radius 1 is 1.11 bits per heavy atom. The van der Waals surface area contributed by atoms with Crippen molar-refractivity contribution in [2.45, 2.75) is 20.3 Å². The second kappa shape index (κ2) is 4.30. The van der Waals surface area contributed by atoms with E-state index in [1.165, 1.54) is 16.5 Å². The summed E-state index contributed by atoms with van der Waals surface area (Å²) in [4.78, 5) is 7.94. The molecule has 0 radical (unpaired) electrons. The van der Waals surface area contributed by atoms with Crippen LogP contribution in [0.25, 0.3) is 22.3 Å². The molecule has 0 aliphatic carbocycles. The van der Waals surface area contributed by atoms with Crippen LogP contribution in [0.4, 0.5) is 0 Å². The molecule has 0 saturated heterocycles. The lowest BCUT2D eigenvalue weighted by atomic mass is 10.0. The van der Waals surface area contributed by atoms with E-state index in [9.17, 15) is 0 Å². The van der Waals surface area contributed by atoms with Gasteiger partial charge in [-0.1, -0.05) is 31.2 Å². The number of pyridine rings is 1. The van der Waals surface area contributed by atoms with Crippen molar-refractivity contribution in [1.82, 2.24) is 9.97 Å². The van der Waals surface area contributed by atoms with Gasteiger partial charge < -0.3 is 4.98 Å². The maximum atomic E-state index is 4.52. The fourth-order valence-corrected chi connectivity index (χ4v) is 2.34. The normalized spacial score (nSPS) is 11.0. The molecule has 1 aromatic carbocycles. The summed E-state index contributed by atoms with van der Waals surface area (Å²) in [7, 11) is 0. The zero-order valence-corrected chi connectivity index (χ0v) is 10.7. The molecular formula is C16H16N2. The van der Waals surface area contributed by atoms with E-state index < -0.39 is 0 Å². The molecule has 0 aliphatic heterocycles. The zero-order valence-electron chi connectivity index (χ0n) is 10.7. The second-order valence-corrected chi connectivity index (χ2v) is 4.58. The van der Waals surface area contributed by atoms with Crippen molar-refractivity contribution in [1.29, 1.82) is 0 Å². The average molecular weight is 236 g/mol. The molecule has 0 unspecified atom stereocenters. The lowest BCUT2D eigenvalue weighted by Gasteiger charge is -2.04. The van der Waals surface area contributed by atoms with E-state index in [0.29, 0.717) is 0 Å². The predicted octanol–water partition coefficient (Wildman–Crippen LogP) is 4.10. The van der Waals surface area contributed by atoms with Gasteiger partial charge in [0.15, 0.2) is 0 Å². The Bertz CT molecular complexity index is 695. The molecule has 90 valence electrons. The van der Waals surface area contributed by atoms with Gasteiger partial charge in [-0.05, 0) is 37.1 Å². The highest BCUT2D eigenvalue weighted by atomic mass is 14.9. The van der Waals surface area contributed by atoms with Crippen molar-refractivity contribution in [2.24, 2.45) is 0 Å². The highest BCUT2D eigenvalue weighted by Gasteiger charge is 2.07. The number of rotatable bonds is 2. The zero-order chi connectivity index (χ0) is 12.5. The van der Waals surface area contributed by atoms with Gasteiger partial charge in [-0.25, -0.2) is 4.98 Å². The number of aryl methyl sites for hydroxylation is 2. The Morgan fingerprint density at radius 2 is 1.94 bits per heavy atom. The first kappa shape index (κ1) is 11.0. The van der Waals surface area contributed by atoms with E-state index in [0.717, 1.165) is 23.5 Å². The van der Waals surface area contributed by atoms with E-state index in [2.05, 4.69) is 53.3 Å². The van der Waals surface area contributed by atoms with Crippen LogP contribution in [0.1, 0.15) is 18.2 Å². The Morgan fingerprint density at radius 3 is 2.78 bits per heavy atom. The van der Waals surface area contributed by atoms with Crippen LogP contribution in [0.2, 0.25) is 0 Å². The standard InChI is InChI=1S/C16H16N2/c1-3-12-6-4-5-7-14(12)15-10-13-9-8-11(2)17-16(13)18-15/h4-10H,3H2,1-2H3,(H,17,18). The van der Waals surface area contributed by atoms with E-state index in [4.69, 9.17) is 0 Å². The number of hydrogen-bond donors (Lipinski definition) is 1. The highest BCUT2D eigenvalue weighted by Crippen LogP contribution is 2.26. The summed E-state index contributed by atoms with van der Waals surface area (Å²) in [5, 5.41) is 1.17. The van der Waals surface area contributed by atoms with Crippen LogP contribution in [0, 0.1) is 6.92 Å². The van der Waals surface area contributed by atoms with E-state index in [1.54, 1.807) is 0 Å². The number of aromatic nitrogens is 2. The molecule has 2 heterocycles. The van der Waals surface area contributed by atoms with E-state index in [-0.39, 0.29) is 0 Å². The summed E-state index contributed by atoms with van der Waals surface area (Å²) >= 11 is 0. The van der Waals surface area contributed by atoms with Crippen LogP contribution in [0.15, 0.2) is 42.5 Å². The number of hydrogen-bond acceptors (Lipinski definition) is 1. The summed E-state index contributed by atoms with van der Waals surface area (Å²) < 4.78 is 0. The molecule has 0 spiro atoms. The molecule has 1 N–H and O–H groups in total. The average Bonchev–Trinajstić information content (AvgIpc) is 2.81. The summed E-state index contributed by atoms with van der Waals surface area (Å²) in [5.74, 6) is 0. The smallest absolute Gasteiger partial charge is 0.138 e. The maximum Gasteiger partial charge on any atom is 0.138 e. The minimum absolute atomic E-state index is 0.968. The Balaban J connectivity index is 2.19. The first-order valence-corrected chi connectivity index (χ1v) is 6.32. The monoisotopic (exact) mass is 236 g/mol. The SMILES string of the molecule is CCc1ccccc1-c1cc2ccc(C)nc2[nH]1. The Labute approximate surface area is 107 Å². The first-order chi connectivity index (χ1) is 8.78. The number of nitrogens with one attached hydrogen (secondary N) is 1. The van der Waals surface area contributed by atoms with Crippen LogP contribution in [0.3, 0.4) is 0 Å². The van der Waals surface area contributed by atoms with Gasteiger partial charge in [0.25, 0.3) is 0 Å². The maximum absolute atomic E-state index is 4.52.